The molecule has 0 amide bonds. The molecular formula is C21H26N2O3. The van der Waals surface area contributed by atoms with Crippen molar-refractivity contribution >= 4 is 17.2 Å². The highest BCUT2D eigenvalue weighted by molar-refractivity contribution is 5.86. The van der Waals surface area contributed by atoms with Crippen LogP contribution in [0.3, 0.4) is 0 Å². The third-order valence-corrected chi connectivity index (χ3v) is 5.53. The summed E-state index contributed by atoms with van der Waals surface area (Å²) in [6, 6.07) is 6.60. The number of aromatic nitrogens is 1. The summed E-state index contributed by atoms with van der Waals surface area (Å²) < 4.78 is 7.89. The minimum Gasteiger partial charge on any atom is -0.378 e. The summed E-state index contributed by atoms with van der Waals surface area (Å²) in [5.41, 5.74) is 2.21. The van der Waals surface area contributed by atoms with Gasteiger partial charge in [-0.3, -0.25) is 14.5 Å². The second-order valence-corrected chi connectivity index (χ2v) is 8.40. The highest BCUT2D eigenvalue weighted by Gasteiger charge is 2.33. The summed E-state index contributed by atoms with van der Waals surface area (Å²) in [5, 5.41) is 0.629. The molecule has 1 aliphatic heterocycles. The second kappa shape index (κ2) is 6.32. The van der Waals surface area contributed by atoms with Gasteiger partial charge >= 0.3 is 0 Å². The zero-order valence-corrected chi connectivity index (χ0v) is 15.7. The van der Waals surface area contributed by atoms with E-state index in [1.165, 1.54) is 5.56 Å². The lowest BCUT2D eigenvalue weighted by Gasteiger charge is -2.44. The van der Waals surface area contributed by atoms with E-state index in [0.29, 0.717) is 24.3 Å². The van der Waals surface area contributed by atoms with Crippen LogP contribution in [0.5, 0.6) is 0 Å². The van der Waals surface area contributed by atoms with Gasteiger partial charge in [0.05, 0.1) is 30.3 Å². The van der Waals surface area contributed by atoms with Crippen LogP contribution in [-0.4, -0.2) is 41.1 Å². The van der Waals surface area contributed by atoms with Crippen LogP contribution in [0.25, 0.3) is 10.9 Å². The molecule has 0 radical (unpaired) electrons. The predicted octanol–water partition coefficient (Wildman–Crippen LogP) is 3.32. The number of hydrogen-bond donors (Lipinski definition) is 0. The summed E-state index contributed by atoms with van der Waals surface area (Å²) in [6.07, 6.45) is 4.60. The van der Waals surface area contributed by atoms with Crippen molar-refractivity contribution in [2.45, 2.75) is 51.2 Å². The summed E-state index contributed by atoms with van der Waals surface area (Å²) in [5.74, 6) is 0. The lowest BCUT2D eigenvalue weighted by molar-refractivity contribution is -0.0505. The number of fused-ring (bicyclic) bond motifs is 1. The molecule has 0 bridgehead atoms. The fraction of sp³-hybridized carbons (Fsp3) is 0.524. The van der Waals surface area contributed by atoms with Gasteiger partial charge in [0, 0.05) is 29.7 Å². The number of carbonyl (C=O) groups is 1. The van der Waals surface area contributed by atoms with E-state index in [1.54, 1.807) is 6.20 Å². The van der Waals surface area contributed by atoms with E-state index < -0.39 is 0 Å². The van der Waals surface area contributed by atoms with E-state index in [-0.39, 0.29) is 22.6 Å². The monoisotopic (exact) mass is 354 g/mol. The van der Waals surface area contributed by atoms with Gasteiger partial charge in [-0.1, -0.05) is 6.07 Å². The van der Waals surface area contributed by atoms with Crippen LogP contribution in [0.1, 0.15) is 61.6 Å². The maximum Gasteiger partial charge on any atom is 0.199 e. The Morgan fingerprint density at radius 3 is 2.65 bits per heavy atom. The molecule has 1 aromatic carbocycles. The average Bonchev–Trinajstić information content (AvgIpc) is 3.46. The molecule has 138 valence electrons. The first kappa shape index (κ1) is 17.4. The normalized spacial score (nSPS) is 21.9. The number of aldehydes is 1. The minimum atomic E-state index is -0.175. The molecule has 5 nitrogen and oxygen atoms in total. The summed E-state index contributed by atoms with van der Waals surface area (Å²) in [4.78, 5) is 26.4. The molecule has 2 aromatic rings. The van der Waals surface area contributed by atoms with Gasteiger partial charge < -0.3 is 9.30 Å². The first-order valence-electron chi connectivity index (χ1n) is 9.38. The maximum atomic E-state index is 12.6. The van der Waals surface area contributed by atoms with Crippen LogP contribution in [0, 0.1) is 0 Å². The Bertz CT molecular complexity index is 906. The molecule has 2 fully saturated rings. The van der Waals surface area contributed by atoms with E-state index in [0.717, 1.165) is 31.5 Å². The molecule has 4 rings (SSSR count). The van der Waals surface area contributed by atoms with Crippen molar-refractivity contribution in [3.8, 4) is 0 Å². The smallest absolute Gasteiger partial charge is 0.199 e. The largest absolute Gasteiger partial charge is 0.378 e. The highest BCUT2D eigenvalue weighted by Crippen LogP contribution is 2.38. The Kier molecular flexibility index (Phi) is 4.24. The standard InChI is InChI=1S/C21H26N2O3/c1-21(2,3)23-8-9-26-13-19(23)14-4-7-17-18(10-14)22(16-5-6-16)11-15(12-24)20(17)25/h4,7,10-12,16,19H,5-6,8-9,13H2,1-3H3. The molecule has 1 unspecified atom stereocenters. The van der Waals surface area contributed by atoms with Crippen molar-refractivity contribution < 1.29 is 9.53 Å². The van der Waals surface area contributed by atoms with Gasteiger partial charge in [-0.2, -0.15) is 0 Å². The van der Waals surface area contributed by atoms with Crippen molar-refractivity contribution in [3.05, 3.63) is 45.7 Å². The quantitative estimate of drug-likeness (QED) is 0.794. The fourth-order valence-electron chi connectivity index (χ4n) is 4.02. The first-order chi connectivity index (χ1) is 12.4. The summed E-state index contributed by atoms with van der Waals surface area (Å²) >= 11 is 0. The summed E-state index contributed by atoms with van der Waals surface area (Å²) in [7, 11) is 0. The van der Waals surface area contributed by atoms with Gasteiger partial charge in [0.15, 0.2) is 11.7 Å². The van der Waals surface area contributed by atoms with E-state index in [4.69, 9.17) is 4.74 Å². The molecule has 1 aliphatic carbocycles. The maximum absolute atomic E-state index is 12.6. The molecule has 1 aromatic heterocycles. The predicted molar refractivity (Wildman–Crippen MR) is 102 cm³/mol. The highest BCUT2D eigenvalue weighted by atomic mass is 16.5. The van der Waals surface area contributed by atoms with Gasteiger partial charge in [-0.15, -0.1) is 0 Å². The number of benzene rings is 1. The molecule has 5 heteroatoms. The molecule has 0 spiro atoms. The third kappa shape index (κ3) is 2.99. The van der Waals surface area contributed by atoms with Crippen molar-refractivity contribution in [1.82, 2.24) is 9.47 Å². The van der Waals surface area contributed by atoms with Gasteiger partial charge in [0.2, 0.25) is 0 Å². The van der Waals surface area contributed by atoms with Crippen LogP contribution in [0.15, 0.2) is 29.2 Å². The van der Waals surface area contributed by atoms with Crippen LogP contribution < -0.4 is 5.43 Å². The summed E-state index contributed by atoms with van der Waals surface area (Å²) in [6.45, 7) is 8.97. The third-order valence-electron chi connectivity index (χ3n) is 5.53. The molecule has 1 saturated carbocycles. The number of morpholine rings is 1. The van der Waals surface area contributed by atoms with Crippen molar-refractivity contribution in [1.29, 1.82) is 0 Å². The fourth-order valence-corrected chi connectivity index (χ4v) is 4.02. The van der Waals surface area contributed by atoms with Crippen LogP contribution in [0.4, 0.5) is 0 Å². The SMILES string of the molecule is CC(C)(C)N1CCOCC1c1ccc2c(=O)c(C=O)cn(C3CC3)c2c1. The van der Waals surface area contributed by atoms with Crippen molar-refractivity contribution in [2.24, 2.45) is 0 Å². The number of hydrogen-bond acceptors (Lipinski definition) is 4. The van der Waals surface area contributed by atoms with E-state index in [1.807, 2.05) is 12.1 Å². The van der Waals surface area contributed by atoms with Gasteiger partial charge in [-0.05, 0) is 51.3 Å². The Morgan fingerprint density at radius 1 is 1.23 bits per heavy atom. The lowest BCUT2D eigenvalue weighted by atomic mass is 9.96. The number of pyridine rings is 1. The molecule has 0 N–H and O–H groups in total. The Labute approximate surface area is 153 Å². The van der Waals surface area contributed by atoms with E-state index >= 15 is 0 Å². The Morgan fingerprint density at radius 2 is 2.00 bits per heavy atom. The van der Waals surface area contributed by atoms with Crippen LogP contribution in [-0.2, 0) is 4.74 Å². The number of carbonyl (C=O) groups excluding carboxylic acids is 1. The van der Waals surface area contributed by atoms with Gasteiger partial charge in [0.25, 0.3) is 0 Å². The Hall–Kier alpha value is -1.98. The molecule has 26 heavy (non-hydrogen) atoms. The van der Waals surface area contributed by atoms with Crippen molar-refractivity contribution in [3.63, 3.8) is 0 Å². The molecule has 1 saturated heterocycles. The minimum absolute atomic E-state index is 0.0426. The van der Waals surface area contributed by atoms with Crippen LogP contribution >= 0.6 is 0 Å². The van der Waals surface area contributed by atoms with Gasteiger partial charge in [-0.25, -0.2) is 0 Å². The lowest BCUT2D eigenvalue weighted by Crippen LogP contribution is -2.49. The second-order valence-electron chi connectivity index (χ2n) is 8.40. The molecule has 1 atom stereocenters. The van der Waals surface area contributed by atoms with Crippen LogP contribution in [0.2, 0.25) is 0 Å². The number of rotatable bonds is 3. The van der Waals surface area contributed by atoms with Gasteiger partial charge in [0.1, 0.15) is 0 Å². The topological polar surface area (TPSA) is 51.5 Å². The molecular weight excluding hydrogens is 328 g/mol. The van der Waals surface area contributed by atoms with Crippen molar-refractivity contribution in [2.75, 3.05) is 19.8 Å². The van der Waals surface area contributed by atoms with E-state index in [9.17, 15) is 9.59 Å². The zero-order chi connectivity index (χ0) is 18.5. The number of nitrogens with zero attached hydrogens (tertiary/aromatic N) is 2. The molecule has 2 aliphatic rings. The average molecular weight is 354 g/mol. The number of ether oxygens (including phenoxy) is 1. The Balaban J connectivity index is 1.86. The first-order valence-corrected chi connectivity index (χ1v) is 9.38. The molecule has 2 heterocycles. The zero-order valence-electron chi connectivity index (χ0n) is 15.7. The van der Waals surface area contributed by atoms with E-state index in [2.05, 4.69) is 36.3 Å².